The Bertz CT molecular complexity index is 486. The average molecular weight is 549 g/mol. The standard InChI is InChI=1S/C24H48N4O3.Ag/c1-2-3-4-5-6-7-8-9-10-11-12-13-14-15-16-19-22(29)28-21(23(30)31)18-17-20-27-24(25)26;/h21H,2-20H2,1H3,(H,28,29)(H,30,31)(H4,25,26,27);/t21-;/m0./s1. The van der Waals surface area contributed by atoms with E-state index in [1.807, 2.05) is 0 Å². The molecular weight excluding hydrogens is 500 g/mol. The predicted octanol–water partition coefficient (Wildman–Crippen LogP) is 4.87. The topological polar surface area (TPSA) is 131 Å². The van der Waals surface area contributed by atoms with Crippen LogP contribution in [0.2, 0.25) is 0 Å². The van der Waals surface area contributed by atoms with Gasteiger partial charge in [0, 0.05) is 35.3 Å². The molecule has 0 rings (SSSR count). The van der Waals surface area contributed by atoms with Crippen molar-refractivity contribution in [1.82, 2.24) is 5.32 Å². The second-order valence-corrected chi connectivity index (χ2v) is 8.61. The molecule has 1 amide bonds. The van der Waals surface area contributed by atoms with Gasteiger partial charge in [-0.25, -0.2) is 4.79 Å². The minimum atomic E-state index is -1.02. The van der Waals surface area contributed by atoms with Gasteiger partial charge in [-0.15, -0.1) is 0 Å². The number of carboxylic acids is 1. The Labute approximate surface area is 211 Å². The van der Waals surface area contributed by atoms with E-state index in [4.69, 9.17) is 11.5 Å². The fraction of sp³-hybridized carbons (Fsp3) is 0.875. The smallest absolute Gasteiger partial charge is 0.326 e. The summed E-state index contributed by atoms with van der Waals surface area (Å²) in [6.07, 6.45) is 20.4. The number of hydrogen-bond donors (Lipinski definition) is 4. The van der Waals surface area contributed by atoms with Gasteiger partial charge in [0.2, 0.25) is 5.91 Å². The zero-order valence-corrected chi connectivity index (χ0v) is 21.7. The third-order valence-corrected chi connectivity index (χ3v) is 5.59. The Morgan fingerprint density at radius 3 is 1.62 bits per heavy atom. The first kappa shape index (κ1) is 33.1. The van der Waals surface area contributed by atoms with Gasteiger partial charge < -0.3 is 21.9 Å². The molecule has 0 saturated heterocycles. The molecule has 7 nitrogen and oxygen atoms in total. The number of hydrogen-bond acceptors (Lipinski definition) is 3. The molecule has 0 unspecified atom stereocenters. The second-order valence-electron chi connectivity index (χ2n) is 8.61. The summed E-state index contributed by atoms with van der Waals surface area (Å²) in [7, 11) is 0. The summed E-state index contributed by atoms with van der Waals surface area (Å²) in [5.74, 6) is -1.22. The van der Waals surface area contributed by atoms with Gasteiger partial charge >= 0.3 is 5.97 Å². The molecule has 0 heterocycles. The molecule has 193 valence electrons. The summed E-state index contributed by atoms with van der Waals surface area (Å²) >= 11 is 0. The van der Waals surface area contributed by atoms with Crippen LogP contribution in [0.1, 0.15) is 122 Å². The molecule has 1 atom stereocenters. The number of carbonyl (C=O) groups is 2. The maximum absolute atomic E-state index is 12.0. The van der Waals surface area contributed by atoms with Crippen molar-refractivity contribution in [1.29, 1.82) is 0 Å². The number of aliphatic imine (C=N–C) groups is 1. The van der Waals surface area contributed by atoms with Gasteiger partial charge in [-0.05, 0) is 19.3 Å². The van der Waals surface area contributed by atoms with Crippen molar-refractivity contribution >= 4 is 17.8 Å². The third-order valence-electron chi connectivity index (χ3n) is 5.59. The van der Waals surface area contributed by atoms with Crippen molar-refractivity contribution in [3.8, 4) is 0 Å². The summed E-state index contributed by atoms with van der Waals surface area (Å²) in [6, 6.07) is -0.877. The molecule has 0 aromatic rings. The number of guanidine groups is 1. The van der Waals surface area contributed by atoms with Crippen LogP contribution in [-0.2, 0) is 32.0 Å². The van der Waals surface area contributed by atoms with Crippen LogP contribution in [0.15, 0.2) is 4.99 Å². The van der Waals surface area contributed by atoms with Gasteiger partial charge in [-0.2, -0.15) is 0 Å². The first-order valence-electron chi connectivity index (χ1n) is 12.5. The fourth-order valence-electron chi connectivity index (χ4n) is 3.68. The molecule has 0 fully saturated rings. The Balaban J connectivity index is 0. The number of nitrogens with one attached hydrogen (secondary N) is 1. The molecule has 0 aromatic carbocycles. The van der Waals surface area contributed by atoms with Crippen LogP contribution in [0.25, 0.3) is 0 Å². The van der Waals surface area contributed by atoms with Gasteiger partial charge in [0.25, 0.3) is 0 Å². The number of unbranched alkanes of at least 4 members (excludes halogenated alkanes) is 14. The quantitative estimate of drug-likeness (QED) is 0.0664. The molecule has 0 aliphatic carbocycles. The number of aliphatic carboxylic acids is 1. The third kappa shape index (κ3) is 23.6. The van der Waals surface area contributed by atoms with Crippen LogP contribution in [0.5, 0.6) is 0 Å². The van der Waals surface area contributed by atoms with Crippen molar-refractivity contribution < 1.29 is 37.1 Å². The van der Waals surface area contributed by atoms with Crippen LogP contribution in [-0.4, -0.2) is 35.5 Å². The maximum Gasteiger partial charge on any atom is 0.326 e. The number of amides is 1. The van der Waals surface area contributed by atoms with Gasteiger partial charge in [0.15, 0.2) is 5.96 Å². The number of nitrogens with zero attached hydrogens (tertiary/aromatic N) is 1. The van der Waals surface area contributed by atoms with Crippen molar-refractivity contribution in [3.63, 3.8) is 0 Å². The summed E-state index contributed by atoms with van der Waals surface area (Å²) in [6.45, 7) is 2.62. The van der Waals surface area contributed by atoms with E-state index in [9.17, 15) is 14.7 Å². The van der Waals surface area contributed by atoms with Gasteiger partial charge in [-0.1, -0.05) is 96.8 Å². The monoisotopic (exact) mass is 547 g/mol. The van der Waals surface area contributed by atoms with E-state index in [1.165, 1.54) is 77.0 Å². The molecule has 0 spiro atoms. The van der Waals surface area contributed by atoms with Crippen molar-refractivity contribution in [2.75, 3.05) is 6.54 Å². The summed E-state index contributed by atoms with van der Waals surface area (Å²) in [4.78, 5) is 27.1. The first-order chi connectivity index (χ1) is 15.0. The minimum Gasteiger partial charge on any atom is -0.480 e. The van der Waals surface area contributed by atoms with Crippen LogP contribution in [0.4, 0.5) is 0 Å². The Morgan fingerprint density at radius 2 is 1.22 bits per heavy atom. The number of carboxylic acid groups (broad SMARTS) is 1. The number of rotatable bonds is 22. The van der Waals surface area contributed by atoms with Gasteiger partial charge in [0.1, 0.15) is 6.04 Å². The van der Waals surface area contributed by atoms with E-state index in [-0.39, 0.29) is 34.2 Å². The number of nitrogens with two attached hydrogens (primary N) is 2. The Morgan fingerprint density at radius 1 is 0.781 bits per heavy atom. The molecule has 0 bridgehead atoms. The van der Waals surface area contributed by atoms with Crippen molar-refractivity contribution in [3.05, 3.63) is 0 Å². The predicted molar refractivity (Wildman–Crippen MR) is 129 cm³/mol. The molecule has 0 aromatic heterocycles. The molecule has 0 saturated carbocycles. The van der Waals surface area contributed by atoms with E-state index in [0.29, 0.717) is 25.8 Å². The molecule has 6 N–H and O–H groups in total. The Hall–Kier alpha value is -1.05. The zero-order valence-electron chi connectivity index (χ0n) is 20.2. The fourth-order valence-corrected chi connectivity index (χ4v) is 3.68. The van der Waals surface area contributed by atoms with Crippen LogP contribution < -0.4 is 16.8 Å². The Kier molecular flexibility index (Phi) is 25.5. The molecule has 32 heavy (non-hydrogen) atoms. The van der Waals surface area contributed by atoms with E-state index >= 15 is 0 Å². The molecule has 1 radical (unpaired) electrons. The second kappa shape index (κ2) is 24.6. The molecule has 8 heteroatoms. The molecule has 0 aliphatic heterocycles. The normalized spacial score (nSPS) is 11.4. The van der Waals surface area contributed by atoms with Gasteiger partial charge in [0.05, 0.1) is 0 Å². The van der Waals surface area contributed by atoms with E-state index in [2.05, 4.69) is 17.2 Å². The van der Waals surface area contributed by atoms with E-state index < -0.39 is 12.0 Å². The number of carbonyl (C=O) groups excluding carboxylic acids is 1. The van der Waals surface area contributed by atoms with Crippen LogP contribution >= 0.6 is 0 Å². The minimum absolute atomic E-state index is 0. The SMILES string of the molecule is CCCCCCCCCCCCCCCCCC(=O)N[C@@H](CCCN=C(N)N)C(=O)O.[Ag]. The molecular formula is C24H48AgN4O3. The van der Waals surface area contributed by atoms with E-state index in [0.717, 1.165) is 19.3 Å². The first-order valence-corrected chi connectivity index (χ1v) is 12.5. The molecule has 0 aliphatic rings. The zero-order chi connectivity index (χ0) is 23.2. The van der Waals surface area contributed by atoms with E-state index in [1.54, 1.807) is 0 Å². The summed E-state index contributed by atoms with van der Waals surface area (Å²) < 4.78 is 0. The van der Waals surface area contributed by atoms with Crippen LogP contribution in [0, 0.1) is 0 Å². The van der Waals surface area contributed by atoms with Crippen molar-refractivity contribution in [2.45, 2.75) is 129 Å². The van der Waals surface area contributed by atoms with Gasteiger partial charge in [-0.3, -0.25) is 9.79 Å². The summed E-state index contributed by atoms with van der Waals surface area (Å²) in [5.41, 5.74) is 10.5. The average Bonchev–Trinajstić information content (AvgIpc) is 2.72. The van der Waals surface area contributed by atoms with Crippen LogP contribution in [0.3, 0.4) is 0 Å². The maximum atomic E-state index is 12.0. The van der Waals surface area contributed by atoms with Crippen molar-refractivity contribution in [2.24, 2.45) is 16.5 Å². The summed E-state index contributed by atoms with van der Waals surface area (Å²) in [5, 5.41) is 11.8. The largest absolute Gasteiger partial charge is 0.480 e.